The zero-order valence-corrected chi connectivity index (χ0v) is 11.8. The molecule has 1 N–H and O–H groups in total. The number of carbonyl (C=O) groups is 1. The quantitative estimate of drug-likeness (QED) is 0.919. The zero-order chi connectivity index (χ0) is 14.9. The van der Waals surface area contributed by atoms with Gasteiger partial charge >= 0.3 is 5.97 Å². The molecule has 2 rings (SSSR count). The summed E-state index contributed by atoms with van der Waals surface area (Å²) >= 11 is 2.97. The normalized spacial score (nSPS) is 12.4. The maximum atomic E-state index is 13.9. The molecule has 6 nitrogen and oxygen atoms in total. The summed E-state index contributed by atoms with van der Waals surface area (Å²) in [5.74, 6) is -2.89. The van der Waals surface area contributed by atoms with Gasteiger partial charge < -0.3 is 5.11 Å². The number of carboxylic acids is 1. The van der Waals surface area contributed by atoms with Crippen molar-refractivity contribution in [3.05, 3.63) is 28.2 Å². The van der Waals surface area contributed by atoms with Crippen LogP contribution >= 0.6 is 15.9 Å². The Bertz CT molecular complexity index is 639. The monoisotopic (exact) mass is 346 g/mol. The highest BCUT2D eigenvalue weighted by Gasteiger charge is 2.22. The zero-order valence-electron chi connectivity index (χ0n) is 10.2. The maximum absolute atomic E-state index is 13.9. The molecule has 0 aliphatic heterocycles. The Morgan fingerprint density at radius 2 is 2.05 bits per heavy atom. The van der Waals surface area contributed by atoms with Crippen molar-refractivity contribution in [3.63, 3.8) is 0 Å². The minimum Gasteiger partial charge on any atom is -0.481 e. The van der Waals surface area contributed by atoms with Crippen molar-refractivity contribution in [2.75, 3.05) is 0 Å². The van der Waals surface area contributed by atoms with Crippen LogP contribution in [0.25, 0.3) is 11.4 Å². The number of tetrazole rings is 1. The molecule has 0 radical (unpaired) electrons. The topological polar surface area (TPSA) is 80.9 Å². The molecule has 0 saturated heterocycles. The van der Waals surface area contributed by atoms with Gasteiger partial charge in [0.25, 0.3) is 0 Å². The Morgan fingerprint density at radius 3 is 2.60 bits per heavy atom. The fourth-order valence-corrected chi connectivity index (χ4v) is 2.15. The van der Waals surface area contributed by atoms with Gasteiger partial charge in [0.1, 0.15) is 11.6 Å². The average molecular weight is 347 g/mol. The van der Waals surface area contributed by atoms with E-state index >= 15 is 0 Å². The van der Waals surface area contributed by atoms with Gasteiger partial charge in [0.15, 0.2) is 5.82 Å². The summed E-state index contributed by atoms with van der Waals surface area (Å²) in [7, 11) is 0. The van der Waals surface area contributed by atoms with Crippen molar-refractivity contribution in [2.24, 2.45) is 0 Å². The van der Waals surface area contributed by atoms with Crippen molar-refractivity contribution in [3.8, 4) is 11.4 Å². The number of carboxylic acid groups (broad SMARTS) is 1. The van der Waals surface area contributed by atoms with E-state index in [-0.39, 0.29) is 16.7 Å². The van der Waals surface area contributed by atoms with Crippen molar-refractivity contribution >= 4 is 21.9 Å². The number of aromatic nitrogens is 4. The van der Waals surface area contributed by atoms with E-state index in [4.69, 9.17) is 5.11 Å². The lowest BCUT2D eigenvalue weighted by atomic mass is 10.1. The molecule has 1 atom stereocenters. The van der Waals surface area contributed by atoms with Gasteiger partial charge in [0, 0.05) is 4.47 Å². The first-order valence-electron chi connectivity index (χ1n) is 5.54. The lowest BCUT2D eigenvalue weighted by Gasteiger charge is -2.12. The number of nitrogens with zero attached hydrogens (tertiary/aromatic N) is 4. The highest BCUT2D eigenvalue weighted by molar-refractivity contribution is 9.10. The SMILES string of the molecule is CC(CC(=O)O)n1nnnc1-c1c(F)cc(Br)cc1F. The first-order valence-corrected chi connectivity index (χ1v) is 6.34. The van der Waals surface area contributed by atoms with Crippen molar-refractivity contribution < 1.29 is 18.7 Å². The Kier molecular flexibility index (Phi) is 4.07. The van der Waals surface area contributed by atoms with Crippen LogP contribution in [0.15, 0.2) is 16.6 Å². The van der Waals surface area contributed by atoms with Crippen LogP contribution in [0.3, 0.4) is 0 Å². The number of aliphatic carboxylic acids is 1. The summed E-state index contributed by atoms with van der Waals surface area (Å²) in [6.07, 6.45) is -0.266. The first kappa shape index (κ1) is 14.5. The molecule has 0 aliphatic carbocycles. The molecule has 0 saturated carbocycles. The minimum absolute atomic E-state index is 0.152. The van der Waals surface area contributed by atoms with Crippen LogP contribution in [0.5, 0.6) is 0 Å². The second-order valence-corrected chi connectivity index (χ2v) is 5.05. The molecule has 106 valence electrons. The van der Waals surface area contributed by atoms with Gasteiger partial charge in [-0.05, 0) is 29.5 Å². The molecule has 0 bridgehead atoms. The molecule has 0 spiro atoms. The van der Waals surface area contributed by atoms with Crippen molar-refractivity contribution in [1.29, 1.82) is 0 Å². The largest absolute Gasteiger partial charge is 0.481 e. The molecule has 9 heteroatoms. The van der Waals surface area contributed by atoms with Crippen LogP contribution in [0.1, 0.15) is 19.4 Å². The van der Waals surface area contributed by atoms with E-state index in [0.29, 0.717) is 0 Å². The molecule has 1 heterocycles. The number of hydrogen-bond donors (Lipinski definition) is 1. The van der Waals surface area contributed by atoms with E-state index < -0.39 is 29.2 Å². The second kappa shape index (κ2) is 5.61. The van der Waals surface area contributed by atoms with Gasteiger partial charge in [-0.25, -0.2) is 13.5 Å². The standard InChI is InChI=1S/C11H9BrF2N4O2/c1-5(2-9(19)20)18-11(15-16-17-18)10-7(13)3-6(12)4-8(10)14/h3-5H,2H2,1H3,(H,19,20). The maximum Gasteiger partial charge on any atom is 0.305 e. The van der Waals surface area contributed by atoms with Gasteiger partial charge in [-0.3, -0.25) is 4.79 Å². The summed E-state index contributed by atoms with van der Waals surface area (Å²) in [5, 5.41) is 19.3. The Hall–Kier alpha value is -1.90. The summed E-state index contributed by atoms with van der Waals surface area (Å²) in [5.41, 5.74) is -0.393. The van der Waals surface area contributed by atoms with Crippen LogP contribution in [0, 0.1) is 11.6 Å². The van der Waals surface area contributed by atoms with E-state index in [1.54, 1.807) is 6.92 Å². The number of halogens is 3. The molecule has 2 aromatic rings. The van der Waals surface area contributed by atoms with E-state index in [0.717, 1.165) is 16.8 Å². The molecule has 0 aliphatic rings. The summed E-state index contributed by atoms with van der Waals surface area (Å²) in [6, 6.07) is 1.53. The molecular weight excluding hydrogens is 338 g/mol. The molecule has 1 aromatic heterocycles. The van der Waals surface area contributed by atoms with Gasteiger partial charge in [-0.2, -0.15) is 0 Å². The van der Waals surface area contributed by atoms with E-state index in [9.17, 15) is 13.6 Å². The molecule has 1 unspecified atom stereocenters. The molecule has 20 heavy (non-hydrogen) atoms. The first-order chi connectivity index (χ1) is 9.40. The summed E-state index contributed by atoms with van der Waals surface area (Å²) in [6.45, 7) is 1.54. The van der Waals surface area contributed by atoms with Crippen molar-refractivity contribution in [1.82, 2.24) is 20.2 Å². The average Bonchev–Trinajstić information content (AvgIpc) is 2.75. The molecule has 0 fully saturated rings. The van der Waals surface area contributed by atoms with Gasteiger partial charge in [0.05, 0.1) is 18.0 Å². The molecule has 1 aromatic carbocycles. The molecular formula is C11H9BrF2N4O2. The van der Waals surface area contributed by atoms with Crippen LogP contribution in [0.4, 0.5) is 8.78 Å². The minimum atomic E-state index is -1.06. The Labute approximate surface area is 120 Å². The van der Waals surface area contributed by atoms with Crippen molar-refractivity contribution in [2.45, 2.75) is 19.4 Å². The number of benzene rings is 1. The number of rotatable bonds is 4. The van der Waals surface area contributed by atoms with Gasteiger partial charge in [0.2, 0.25) is 0 Å². The van der Waals surface area contributed by atoms with Crippen LogP contribution < -0.4 is 0 Å². The predicted octanol–water partition coefficient (Wildman–Crippen LogP) is 2.42. The van der Waals surface area contributed by atoms with E-state index in [2.05, 4.69) is 31.5 Å². The Balaban J connectivity index is 2.50. The lowest BCUT2D eigenvalue weighted by molar-refractivity contribution is -0.137. The van der Waals surface area contributed by atoms with Crippen LogP contribution in [-0.4, -0.2) is 31.3 Å². The summed E-state index contributed by atoms with van der Waals surface area (Å²) < 4.78 is 29.1. The third kappa shape index (κ3) is 2.82. The number of hydrogen-bond acceptors (Lipinski definition) is 4. The smallest absolute Gasteiger partial charge is 0.305 e. The summed E-state index contributed by atoms with van der Waals surface area (Å²) in [4.78, 5) is 10.7. The Morgan fingerprint density at radius 1 is 1.45 bits per heavy atom. The third-order valence-electron chi connectivity index (χ3n) is 2.61. The third-order valence-corrected chi connectivity index (χ3v) is 3.07. The van der Waals surface area contributed by atoms with Gasteiger partial charge in [-0.15, -0.1) is 5.10 Å². The fourth-order valence-electron chi connectivity index (χ4n) is 1.75. The fraction of sp³-hybridized carbons (Fsp3) is 0.273. The van der Waals surface area contributed by atoms with E-state index in [1.807, 2.05) is 0 Å². The van der Waals surface area contributed by atoms with Gasteiger partial charge in [-0.1, -0.05) is 15.9 Å². The highest BCUT2D eigenvalue weighted by atomic mass is 79.9. The second-order valence-electron chi connectivity index (χ2n) is 4.14. The predicted molar refractivity (Wildman–Crippen MR) is 67.8 cm³/mol. The van der Waals surface area contributed by atoms with Crippen LogP contribution in [0.2, 0.25) is 0 Å². The van der Waals surface area contributed by atoms with Crippen LogP contribution in [-0.2, 0) is 4.79 Å². The highest BCUT2D eigenvalue weighted by Crippen LogP contribution is 2.28. The lowest BCUT2D eigenvalue weighted by Crippen LogP contribution is -2.14. The molecule has 0 amide bonds. The van der Waals surface area contributed by atoms with E-state index in [1.165, 1.54) is 0 Å².